The lowest BCUT2D eigenvalue weighted by Gasteiger charge is -2.41. The Morgan fingerprint density at radius 2 is 2.00 bits per heavy atom. The van der Waals surface area contributed by atoms with Gasteiger partial charge in [-0.1, -0.05) is 12.8 Å². The fourth-order valence-corrected chi connectivity index (χ4v) is 4.44. The van der Waals surface area contributed by atoms with E-state index >= 15 is 0 Å². The smallest absolute Gasteiger partial charge is 0.317 e. The lowest BCUT2D eigenvalue weighted by molar-refractivity contribution is 0.135. The maximum atomic E-state index is 12.7. The molecule has 0 radical (unpaired) electrons. The summed E-state index contributed by atoms with van der Waals surface area (Å²) in [6.45, 7) is 6.69. The van der Waals surface area contributed by atoms with Crippen molar-refractivity contribution < 1.29 is 4.79 Å². The zero-order valence-corrected chi connectivity index (χ0v) is 16.5. The molecule has 1 aromatic heterocycles. The number of aromatic nitrogens is 1. The van der Waals surface area contributed by atoms with Crippen LogP contribution in [0.15, 0.2) is 18.3 Å². The van der Waals surface area contributed by atoms with E-state index in [1.54, 1.807) is 6.20 Å². The van der Waals surface area contributed by atoms with Crippen molar-refractivity contribution >= 4 is 11.8 Å². The second-order valence-corrected chi connectivity index (χ2v) is 8.03. The van der Waals surface area contributed by atoms with Crippen molar-refractivity contribution in [1.82, 2.24) is 15.2 Å². The van der Waals surface area contributed by atoms with E-state index in [1.165, 1.54) is 12.8 Å². The number of hydrogen-bond donors (Lipinski definition) is 1. The zero-order chi connectivity index (χ0) is 19.2. The van der Waals surface area contributed by atoms with Gasteiger partial charge in [0.15, 0.2) is 0 Å². The molecule has 146 valence electrons. The van der Waals surface area contributed by atoms with Gasteiger partial charge in [-0.3, -0.25) is 0 Å². The molecule has 2 amide bonds. The van der Waals surface area contributed by atoms with Gasteiger partial charge in [0.25, 0.3) is 0 Å². The minimum Gasteiger partial charge on any atom is -0.356 e. The number of carbonyl (C=O) groups excluding carboxylic acids is 1. The number of rotatable bonds is 3. The molecule has 1 atom stereocenters. The molecule has 3 heterocycles. The molecular weight excluding hydrogens is 338 g/mol. The fourth-order valence-electron chi connectivity index (χ4n) is 4.44. The molecule has 1 N–H and O–H groups in total. The van der Waals surface area contributed by atoms with Crippen molar-refractivity contribution in [2.24, 2.45) is 5.92 Å². The second-order valence-electron chi connectivity index (χ2n) is 8.03. The average molecular weight is 370 g/mol. The van der Waals surface area contributed by atoms with Crippen LogP contribution in [0.3, 0.4) is 0 Å². The van der Waals surface area contributed by atoms with E-state index in [0.29, 0.717) is 17.5 Å². The predicted molar refractivity (Wildman–Crippen MR) is 107 cm³/mol. The third-order valence-corrected chi connectivity index (χ3v) is 5.76. The van der Waals surface area contributed by atoms with E-state index in [4.69, 9.17) is 0 Å². The number of piperidine rings is 1. The average Bonchev–Trinajstić information content (AvgIpc) is 2.94. The molecule has 27 heavy (non-hydrogen) atoms. The van der Waals surface area contributed by atoms with Crippen molar-refractivity contribution in [3.8, 4) is 6.07 Å². The van der Waals surface area contributed by atoms with Crippen LogP contribution in [0.4, 0.5) is 10.6 Å². The molecule has 3 rings (SSSR count). The summed E-state index contributed by atoms with van der Waals surface area (Å²) in [5.41, 5.74) is 0.642. The minimum atomic E-state index is 0.0934. The number of carbonyl (C=O) groups is 1. The summed E-state index contributed by atoms with van der Waals surface area (Å²) in [4.78, 5) is 21.5. The molecule has 1 unspecified atom stereocenters. The summed E-state index contributed by atoms with van der Waals surface area (Å²) in [6, 6.07) is 6.48. The van der Waals surface area contributed by atoms with Crippen LogP contribution in [-0.4, -0.2) is 47.6 Å². The third kappa shape index (κ3) is 4.71. The monoisotopic (exact) mass is 369 g/mol. The van der Waals surface area contributed by atoms with Crippen LogP contribution in [0, 0.1) is 17.2 Å². The van der Waals surface area contributed by atoms with Crippen LogP contribution < -0.4 is 10.2 Å². The summed E-state index contributed by atoms with van der Waals surface area (Å²) in [7, 11) is 0. The summed E-state index contributed by atoms with van der Waals surface area (Å²) in [6.07, 6.45) is 8.44. The van der Waals surface area contributed by atoms with Gasteiger partial charge in [-0.25, -0.2) is 9.78 Å². The molecule has 0 saturated carbocycles. The van der Waals surface area contributed by atoms with Gasteiger partial charge in [-0.05, 0) is 57.6 Å². The first kappa shape index (κ1) is 19.5. The predicted octanol–water partition coefficient (Wildman–Crippen LogP) is 3.53. The maximum absolute atomic E-state index is 12.7. The van der Waals surface area contributed by atoms with Crippen molar-refractivity contribution in [1.29, 1.82) is 5.26 Å². The molecular formula is C21H31N5O. The molecule has 1 aromatic rings. The topological polar surface area (TPSA) is 72.3 Å². The molecule has 6 nitrogen and oxygen atoms in total. The van der Waals surface area contributed by atoms with Crippen LogP contribution in [0.1, 0.15) is 57.9 Å². The van der Waals surface area contributed by atoms with Gasteiger partial charge >= 0.3 is 6.03 Å². The van der Waals surface area contributed by atoms with Crippen molar-refractivity contribution in [2.75, 3.05) is 24.5 Å². The standard InChI is InChI=1S/C21H31N5O/c1-16(2)24-21(27)26-12-5-3-4-8-19(26)17-9-13-25(14-10-17)20-18(15-22)7-6-11-23-20/h6-7,11,16-17,19H,3-5,8-10,12-14H2,1-2H3,(H,24,27). The Bertz CT molecular complexity index is 675. The Balaban J connectivity index is 1.67. The number of nitrogens with one attached hydrogen (secondary N) is 1. The molecule has 0 aromatic carbocycles. The highest BCUT2D eigenvalue weighted by Gasteiger charge is 2.34. The maximum Gasteiger partial charge on any atom is 0.317 e. The number of hydrogen-bond acceptors (Lipinski definition) is 4. The van der Waals surface area contributed by atoms with E-state index in [1.807, 2.05) is 26.0 Å². The molecule has 2 aliphatic heterocycles. The van der Waals surface area contributed by atoms with Gasteiger partial charge in [0.2, 0.25) is 0 Å². The molecule has 6 heteroatoms. The third-order valence-electron chi connectivity index (χ3n) is 5.76. The zero-order valence-electron chi connectivity index (χ0n) is 16.5. The molecule has 2 saturated heterocycles. The van der Waals surface area contributed by atoms with Crippen molar-refractivity contribution in [3.05, 3.63) is 23.9 Å². The van der Waals surface area contributed by atoms with Crippen LogP contribution >= 0.6 is 0 Å². The highest BCUT2D eigenvalue weighted by atomic mass is 16.2. The van der Waals surface area contributed by atoms with Crippen molar-refractivity contribution in [2.45, 2.75) is 64.5 Å². The van der Waals surface area contributed by atoms with Crippen LogP contribution in [0.5, 0.6) is 0 Å². The number of anilines is 1. The Morgan fingerprint density at radius 1 is 1.22 bits per heavy atom. The van der Waals surface area contributed by atoms with Gasteiger partial charge < -0.3 is 15.1 Å². The van der Waals surface area contributed by atoms with Crippen LogP contribution in [0.25, 0.3) is 0 Å². The van der Waals surface area contributed by atoms with Gasteiger partial charge in [0, 0.05) is 37.9 Å². The number of likely N-dealkylation sites (tertiary alicyclic amines) is 1. The lowest BCUT2D eigenvalue weighted by Crippen LogP contribution is -2.52. The summed E-state index contributed by atoms with van der Waals surface area (Å²) < 4.78 is 0. The van der Waals surface area contributed by atoms with E-state index in [2.05, 4.69) is 26.2 Å². The Hall–Kier alpha value is -2.29. The first-order valence-electron chi connectivity index (χ1n) is 10.3. The number of pyridine rings is 1. The van der Waals surface area contributed by atoms with Gasteiger partial charge in [0.1, 0.15) is 11.9 Å². The van der Waals surface area contributed by atoms with E-state index in [9.17, 15) is 10.1 Å². The fraction of sp³-hybridized carbons (Fsp3) is 0.667. The lowest BCUT2D eigenvalue weighted by atomic mass is 9.86. The first-order chi connectivity index (χ1) is 13.1. The summed E-state index contributed by atoms with van der Waals surface area (Å²) in [5.74, 6) is 1.32. The Kier molecular flexibility index (Phi) is 6.54. The quantitative estimate of drug-likeness (QED) is 0.885. The van der Waals surface area contributed by atoms with Crippen LogP contribution in [-0.2, 0) is 0 Å². The van der Waals surface area contributed by atoms with Crippen LogP contribution in [0.2, 0.25) is 0 Å². The molecule has 0 aliphatic carbocycles. The molecule has 2 aliphatic rings. The summed E-state index contributed by atoms with van der Waals surface area (Å²) in [5, 5.41) is 12.4. The van der Waals surface area contributed by atoms with E-state index < -0.39 is 0 Å². The number of nitrogens with zero attached hydrogens (tertiary/aromatic N) is 4. The van der Waals surface area contributed by atoms with Gasteiger partial charge in [-0.2, -0.15) is 5.26 Å². The highest BCUT2D eigenvalue weighted by molar-refractivity contribution is 5.75. The van der Waals surface area contributed by atoms with Gasteiger partial charge in [0.05, 0.1) is 5.56 Å². The molecule has 2 fully saturated rings. The summed E-state index contributed by atoms with van der Waals surface area (Å²) >= 11 is 0. The molecule has 0 bridgehead atoms. The Morgan fingerprint density at radius 3 is 2.70 bits per heavy atom. The second kappa shape index (κ2) is 9.07. The number of amides is 2. The highest BCUT2D eigenvalue weighted by Crippen LogP contribution is 2.32. The number of urea groups is 1. The SMILES string of the molecule is CC(C)NC(=O)N1CCCCCC1C1CCN(c2ncccc2C#N)CC1. The van der Waals surface area contributed by atoms with E-state index in [-0.39, 0.29) is 12.1 Å². The first-order valence-corrected chi connectivity index (χ1v) is 10.3. The normalized spacial score (nSPS) is 21.6. The molecule has 0 spiro atoms. The number of nitriles is 1. The Labute approximate surface area is 162 Å². The van der Waals surface area contributed by atoms with Crippen molar-refractivity contribution in [3.63, 3.8) is 0 Å². The van der Waals surface area contributed by atoms with Gasteiger partial charge in [-0.15, -0.1) is 0 Å². The largest absolute Gasteiger partial charge is 0.356 e. The van der Waals surface area contributed by atoms with E-state index in [0.717, 1.165) is 51.1 Å². The minimum absolute atomic E-state index is 0.0934.